The molecule has 0 spiro atoms. The number of benzene rings is 1. The minimum Gasteiger partial charge on any atom is -0.353 e. The molecular weight excluding hydrogens is 278 g/mol. The summed E-state index contributed by atoms with van der Waals surface area (Å²) < 4.78 is 0. The van der Waals surface area contributed by atoms with Gasteiger partial charge in [0, 0.05) is 24.7 Å². The highest BCUT2D eigenvalue weighted by atomic mass is 35.5. The maximum absolute atomic E-state index is 12.1. The molecule has 1 fully saturated rings. The van der Waals surface area contributed by atoms with Crippen LogP contribution in [0.15, 0.2) is 18.2 Å². The van der Waals surface area contributed by atoms with Crippen LogP contribution in [0.5, 0.6) is 0 Å². The number of nitrogens with zero attached hydrogens (tertiary/aromatic N) is 1. The predicted octanol–water partition coefficient (Wildman–Crippen LogP) is 1.68. The van der Waals surface area contributed by atoms with E-state index in [1.807, 2.05) is 25.1 Å². The SMILES string of the molecule is Cc1cc(CNC(=O)N2CCNC(=O)[C@H]2C)ccc1Cl. The number of amides is 3. The Bertz CT molecular complexity index is 533. The lowest BCUT2D eigenvalue weighted by Crippen LogP contribution is -2.58. The summed E-state index contributed by atoms with van der Waals surface area (Å²) >= 11 is 5.96. The van der Waals surface area contributed by atoms with E-state index in [4.69, 9.17) is 11.6 Å². The molecule has 3 amide bonds. The smallest absolute Gasteiger partial charge is 0.318 e. The number of urea groups is 1. The zero-order chi connectivity index (χ0) is 14.7. The molecule has 0 saturated carbocycles. The highest BCUT2D eigenvalue weighted by molar-refractivity contribution is 6.31. The zero-order valence-electron chi connectivity index (χ0n) is 11.6. The third kappa shape index (κ3) is 3.22. The van der Waals surface area contributed by atoms with E-state index in [0.717, 1.165) is 11.1 Å². The molecule has 0 bridgehead atoms. The highest BCUT2D eigenvalue weighted by Gasteiger charge is 2.28. The van der Waals surface area contributed by atoms with Crippen molar-refractivity contribution >= 4 is 23.5 Å². The number of hydrogen-bond donors (Lipinski definition) is 2. The van der Waals surface area contributed by atoms with Crippen molar-refractivity contribution in [3.05, 3.63) is 34.3 Å². The number of rotatable bonds is 2. The summed E-state index contributed by atoms with van der Waals surface area (Å²) in [5, 5.41) is 6.27. The number of carbonyl (C=O) groups excluding carboxylic acids is 2. The van der Waals surface area contributed by atoms with Crippen LogP contribution in [0.4, 0.5) is 4.79 Å². The molecule has 1 aliphatic heterocycles. The summed E-state index contributed by atoms with van der Waals surface area (Å²) in [6.07, 6.45) is 0. The van der Waals surface area contributed by atoms with Gasteiger partial charge in [0.1, 0.15) is 6.04 Å². The number of piperazine rings is 1. The average molecular weight is 296 g/mol. The molecule has 0 aromatic heterocycles. The first kappa shape index (κ1) is 14.7. The second kappa shape index (κ2) is 6.13. The zero-order valence-corrected chi connectivity index (χ0v) is 12.3. The Morgan fingerprint density at radius 1 is 1.55 bits per heavy atom. The number of nitrogens with one attached hydrogen (secondary N) is 2. The quantitative estimate of drug-likeness (QED) is 0.872. The van der Waals surface area contributed by atoms with Gasteiger partial charge in [-0.1, -0.05) is 23.7 Å². The molecule has 1 atom stereocenters. The van der Waals surface area contributed by atoms with Gasteiger partial charge in [0.15, 0.2) is 0 Å². The Labute approximate surface area is 123 Å². The summed E-state index contributed by atoms with van der Waals surface area (Å²) in [7, 11) is 0. The molecule has 5 nitrogen and oxygen atoms in total. The molecule has 0 aliphatic carbocycles. The summed E-state index contributed by atoms with van der Waals surface area (Å²) in [6.45, 7) is 5.09. The van der Waals surface area contributed by atoms with Crippen LogP contribution in [0.1, 0.15) is 18.1 Å². The average Bonchev–Trinajstić information content (AvgIpc) is 2.43. The molecule has 6 heteroatoms. The molecule has 1 saturated heterocycles. The van der Waals surface area contributed by atoms with E-state index < -0.39 is 6.04 Å². The Morgan fingerprint density at radius 3 is 3.00 bits per heavy atom. The van der Waals surface area contributed by atoms with Crippen molar-refractivity contribution < 1.29 is 9.59 Å². The van der Waals surface area contributed by atoms with Crippen molar-refractivity contribution in [2.24, 2.45) is 0 Å². The topological polar surface area (TPSA) is 61.4 Å². The van der Waals surface area contributed by atoms with Gasteiger partial charge < -0.3 is 15.5 Å². The van der Waals surface area contributed by atoms with Gasteiger partial charge in [0.2, 0.25) is 5.91 Å². The molecule has 1 aromatic carbocycles. The lowest BCUT2D eigenvalue weighted by Gasteiger charge is -2.32. The van der Waals surface area contributed by atoms with Crippen molar-refractivity contribution in [1.29, 1.82) is 0 Å². The summed E-state index contributed by atoms with van der Waals surface area (Å²) in [4.78, 5) is 25.1. The summed E-state index contributed by atoms with van der Waals surface area (Å²) in [6, 6.07) is 4.97. The van der Waals surface area contributed by atoms with Crippen LogP contribution in [0.25, 0.3) is 0 Å². The molecule has 1 aliphatic rings. The van der Waals surface area contributed by atoms with Gasteiger partial charge in [-0.2, -0.15) is 0 Å². The number of carbonyl (C=O) groups is 2. The lowest BCUT2D eigenvalue weighted by atomic mass is 10.1. The van der Waals surface area contributed by atoms with E-state index in [9.17, 15) is 9.59 Å². The molecule has 0 radical (unpaired) electrons. The molecule has 2 rings (SSSR count). The van der Waals surface area contributed by atoms with E-state index in [1.165, 1.54) is 0 Å². The van der Waals surface area contributed by atoms with E-state index in [1.54, 1.807) is 11.8 Å². The van der Waals surface area contributed by atoms with E-state index in [2.05, 4.69) is 10.6 Å². The first-order valence-electron chi connectivity index (χ1n) is 6.56. The number of aryl methyl sites for hydroxylation is 1. The normalized spacial score (nSPS) is 18.6. The van der Waals surface area contributed by atoms with Gasteiger partial charge in [-0.05, 0) is 31.0 Å². The van der Waals surface area contributed by atoms with Gasteiger partial charge in [-0.3, -0.25) is 4.79 Å². The first-order valence-corrected chi connectivity index (χ1v) is 6.94. The Kier molecular flexibility index (Phi) is 4.49. The van der Waals surface area contributed by atoms with Crippen LogP contribution in [-0.4, -0.2) is 36.0 Å². The summed E-state index contributed by atoms with van der Waals surface area (Å²) in [5.41, 5.74) is 1.96. The second-order valence-corrected chi connectivity index (χ2v) is 5.31. The molecular formula is C14H18ClN3O2. The third-order valence-electron chi connectivity index (χ3n) is 3.43. The standard InChI is InChI=1S/C14H18ClN3O2/c1-9-7-11(3-4-12(9)15)8-17-14(20)18-6-5-16-13(19)10(18)2/h3-4,7,10H,5-6,8H2,1-2H3,(H,16,19)(H,17,20)/t10-/m1/s1. The fraction of sp³-hybridized carbons (Fsp3) is 0.429. The van der Waals surface area contributed by atoms with Crippen LogP contribution in [-0.2, 0) is 11.3 Å². The van der Waals surface area contributed by atoms with Crippen LogP contribution in [0, 0.1) is 6.92 Å². The minimum absolute atomic E-state index is 0.117. The Hall–Kier alpha value is -1.75. The van der Waals surface area contributed by atoms with Crippen molar-refractivity contribution in [2.75, 3.05) is 13.1 Å². The Balaban J connectivity index is 1.94. The third-order valence-corrected chi connectivity index (χ3v) is 3.85. The van der Waals surface area contributed by atoms with Gasteiger partial charge in [0.05, 0.1) is 0 Å². The van der Waals surface area contributed by atoms with Crippen LogP contribution >= 0.6 is 11.6 Å². The van der Waals surface area contributed by atoms with Gasteiger partial charge in [-0.25, -0.2) is 4.79 Å². The molecule has 1 heterocycles. The Morgan fingerprint density at radius 2 is 2.30 bits per heavy atom. The van der Waals surface area contributed by atoms with Crippen LogP contribution < -0.4 is 10.6 Å². The van der Waals surface area contributed by atoms with Crippen molar-refractivity contribution in [1.82, 2.24) is 15.5 Å². The fourth-order valence-corrected chi connectivity index (χ4v) is 2.27. The molecule has 1 aromatic rings. The summed E-state index contributed by atoms with van der Waals surface area (Å²) in [5.74, 6) is -0.117. The number of halogens is 1. The highest BCUT2D eigenvalue weighted by Crippen LogP contribution is 2.16. The van der Waals surface area contributed by atoms with E-state index in [-0.39, 0.29) is 11.9 Å². The largest absolute Gasteiger partial charge is 0.353 e. The second-order valence-electron chi connectivity index (χ2n) is 4.90. The first-order chi connectivity index (χ1) is 9.49. The van der Waals surface area contributed by atoms with Gasteiger partial charge in [-0.15, -0.1) is 0 Å². The van der Waals surface area contributed by atoms with E-state index >= 15 is 0 Å². The monoisotopic (exact) mass is 295 g/mol. The molecule has 2 N–H and O–H groups in total. The van der Waals surface area contributed by atoms with E-state index in [0.29, 0.717) is 24.7 Å². The molecule has 20 heavy (non-hydrogen) atoms. The fourth-order valence-electron chi connectivity index (χ4n) is 2.16. The van der Waals surface area contributed by atoms with Crippen molar-refractivity contribution in [3.8, 4) is 0 Å². The maximum atomic E-state index is 12.1. The molecule has 0 unspecified atom stereocenters. The lowest BCUT2D eigenvalue weighted by molar-refractivity contribution is -0.126. The van der Waals surface area contributed by atoms with Crippen molar-refractivity contribution in [3.63, 3.8) is 0 Å². The van der Waals surface area contributed by atoms with Crippen LogP contribution in [0.2, 0.25) is 5.02 Å². The minimum atomic E-state index is -0.435. The maximum Gasteiger partial charge on any atom is 0.318 e. The van der Waals surface area contributed by atoms with Crippen LogP contribution in [0.3, 0.4) is 0 Å². The van der Waals surface area contributed by atoms with Gasteiger partial charge in [0.25, 0.3) is 0 Å². The van der Waals surface area contributed by atoms with Crippen molar-refractivity contribution in [2.45, 2.75) is 26.4 Å². The van der Waals surface area contributed by atoms with Gasteiger partial charge >= 0.3 is 6.03 Å². The number of hydrogen-bond acceptors (Lipinski definition) is 2. The predicted molar refractivity (Wildman–Crippen MR) is 77.6 cm³/mol. The molecule has 108 valence electrons.